The second kappa shape index (κ2) is 6.69. The highest BCUT2D eigenvalue weighted by Gasteiger charge is 2.21. The summed E-state index contributed by atoms with van der Waals surface area (Å²) in [5.41, 5.74) is 0.957. The van der Waals surface area contributed by atoms with Gasteiger partial charge >= 0.3 is 0 Å². The molecule has 0 saturated carbocycles. The average molecular weight is 332 g/mol. The predicted molar refractivity (Wildman–Crippen MR) is 80.7 cm³/mol. The topological polar surface area (TPSA) is 66.4 Å². The normalized spacial score (nSPS) is 13.3. The van der Waals surface area contributed by atoms with Crippen molar-refractivity contribution in [1.29, 1.82) is 0 Å². The first-order valence-electron chi connectivity index (χ1n) is 5.94. The van der Waals surface area contributed by atoms with Gasteiger partial charge in [0.1, 0.15) is 4.21 Å². The molecule has 108 valence electrons. The highest BCUT2D eigenvalue weighted by molar-refractivity contribution is 7.91. The van der Waals surface area contributed by atoms with Crippen LogP contribution in [-0.2, 0) is 16.4 Å². The van der Waals surface area contributed by atoms with Crippen LogP contribution in [0.25, 0.3) is 0 Å². The van der Waals surface area contributed by atoms with Crippen molar-refractivity contribution in [2.24, 2.45) is 0 Å². The first kappa shape index (κ1) is 15.5. The fourth-order valence-electron chi connectivity index (χ4n) is 1.76. The Bertz CT molecular complexity index is 655. The van der Waals surface area contributed by atoms with E-state index in [1.54, 1.807) is 0 Å². The Morgan fingerprint density at radius 2 is 1.90 bits per heavy atom. The summed E-state index contributed by atoms with van der Waals surface area (Å²) in [6.45, 7) is -0.271. The number of halogens is 1. The van der Waals surface area contributed by atoms with E-state index in [0.717, 1.165) is 16.9 Å². The summed E-state index contributed by atoms with van der Waals surface area (Å²) in [7, 11) is -3.65. The van der Waals surface area contributed by atoms with Gasteiger partial charge in [-0.3, -0.25) is 0 Å². The lowest BCUT2D eigenvalue weighted by molar-refractivity contribution is 0.256. The molecule has 7 heteroatoms. The van der Waals surface area contributed by atoms with Gasteiger partial charge in [0.05, 0.1) is 10.9 Å². The van der Waals surface area contributed by atoms with Gasteiger partial charge in [-0.2, -0.15) is 0 Å². The minimum absolute atomic E-state index is 0.147. The molecule has 4 nitrogen and oxygen atoms in total. The number of rotatable bonds is 6. The Hall–Kier alpha value is -0.920. The van der Waals surface area contributed by atoms with Gasteiger partial charge in [0, 0.05) is 6.04 Å². The van der Waals surface area contributed by atoms with Crippen molar-refractivity contribution in [2.75, 3.05) is 6.61 Å². The van der Waals surface area contributed by atoms with Crippen LogP contribution >= 0.6 is 22.9 Å². The standard InChI is InChI=1S/C13H14ClNO3S2/c14-12-6-7-13(19-12)20(17,18)15-11(9-16)8-10-4-2-1-3-5-10/h1-7,11,15-16H,8-9H2/t11-/m1/s1. The Balaban J connectivity index is 2.10. The Kier molecular flexibility index (Phi) is 5.17. The van der Waals surface area contributed by atoms with Gasteiger partial charge in [-0.05, 0) is 24.1 Å². The number of benzene rings is 1. The maximum atomic E-state index is 12.1. The van der Waals surface area contributed by atoms with E-state index in [1.165, 1.54) is 12.1 Å². The van der Waals surface area contributed by atoms with E-state index < -0.39 is 16.1 Å². The van der Waals surface area contributed by atoms with Crippen LogP contribution in [0.1, 0.15) is 5.56 Å². The zero-order chi connectivity index (χ0) is 14.6. The van der Waals surface area contributed by atoms with Gasteiger partial charge in [-0.25, -0.2) is 13.1 Å². The smallest absolute Gasteiger partial charge is 0.250 e. The van der Waals surface area contributed by atoms with E-state index in [0.29, 0.717) is 10.8 Å². The summed E-state index contributed by atoms with van der Waals surface area (Å²) in [5.74, 6) is 0. The molecule has 2 aromatic rings. The van der Waals surface area contributed by atoms with Crippen molar-refractivity contribution >= 4 is 33.0 Å². The van der Waals surface area contributed by atoms with Crippen molar-refractivity contribution < 1.29 is 13.5 Å². The van der Waals surface area contributed by atoms with Gasteiger partial charge in [-0.15, -0.1) is 11.3 Å². The number of thiophene rings is 1. The summed E-state index contributed by atoms with van der Waals surface area (Å²) < 4.78 is 27.3. The van der Waals surface area contributed by atoms with Gasteiger partial charge in [0.15, 0.2) is 0 Å². The molecule has 1 aromatic carbocycles. The molecule has 0 spiro atoms. The van der Waals surface area contributed by atoms with E-state index in [1.807, 2.05) is 30.3 Å². The van der Waals surface area contributed by atoms with Crippen LogP contribution in [0.15, 0.2) is 46.7 Å². The third kappa shape index (κ3) is 4.04. The molecular formula is C13H14ClNO3S2. The van der Waals surface area contributed by atoms with E-state index in [2.05, 4.69) is 4.72 Å². The first-order chi connectivity index (χ1) is 9.51. The molecule has 0 amide bonds. The van der Waals surface area contributed by atoms with E-state index in [9.17, 15) is 13.5 Å². The second-order valence-electron chi connectivity index (χ2n) is 4.25. The fourth-order valence-corrected chi connectivity index (χ4v) is 4.49. The molecule has 2 rings (SSSR count). The maximum absolute atomic E-state index is 12.1. The van der Waals surface area contributed by atoms with Gasteiger partial charge in [-0.1, -0.05) is 41.9 Å². The van der Waals surface area contributed by atoms with Crippen LogP contribution in [0.2, 0.25) is 4.34 Å². The monoisotopic (exact) mass is 331 g/mol. The highest BCUT2D eigenvalue weighted by Crippen LogP contribution is 2.25. The minimum Gasteiger partial charge on any atom is -0.395 e. The Morgan fingerprint density at radius 1 is 1.20 bits per heavy atom. The van der Waals surface area contributed by atoms with E-state index in [4.69, 9.17) is 11.6 Å². The zero-order valence-electron chi connectivity index (χ0n) is 10.5. The zero-order valence-corrected chi connectivity index (χ0v) is 12.9. The third-order valence-electron chi connectivity index (χ3n) is 2.68. The lowest BCUT2D eigenvalue weighted by Crippen LogP contribution is -2.38. The molecule has 1 heterocycles. The number of sulfonamides is 1. The van der Waals surface area contributed by atoms with Gasteiger partial charge < -0.3 is 5.11 Å². The van der Waals surface area contributed by atoms with Crippen molar-refractivity contribution in [1.82, 2.24) is 4.72 Å². The SMILES string of the molecule is O=S(=O)(N[C@@H](CO)Cc1ccccc1)c1ccc(Cl)s1. The molecule has 0 saturated heterocycles. The number of hydrogen-bond donors (Lipinski definition) is 2. The molecule has 2 N–H and O–H groups in total. The molecule has 0 radical (unpaired) electrons. The highest BCUT2D eigenvalue weighted by atomic mass is 35.5. The summed E-state index contributed by atoms with van der Waals surface area (Å²) >= 11 is 6.73. The Morgan fingerprint density at radius 3 is 2.45 bits per heavy atom. The summed E-state index contributed by atoms with van der Waals surface area (Å²) in [4.78, 5) is 0. The molecule has 1 aromatic heterocycles. The molecule has 1 atom stereocenters. The molecule has 0 unspecified atom stereocenters. The molecule has 0 aliphatic rings. The van der Waals surface area contributed by atoms with E-state index in [-0.39, 0.29) is 10.8 Å². The number of aliphatic hydroxyl groups is 1. The lowest BCUT2D eigenvalue weighted by atomic mass is 10.1. The molecule has 20 heavy (non-hydrogen) atoms. The van der Waals surface area contributed by atoms with Crippen LogP contribution < -0.4 is 4.72 Å². The summed E-state index contributed by atoms with van der Waals surface area (Å²) in [6.07, 6.45) is 0.426. The van der Waals surface area contributed by atoms with Crippen LogP contribution in [-0.4, -0.2) is 26.2 Å². The summed E-state index contributed by atoms with van der Waals surface area (Å²) in [6, 6.07) is 11.8. The van der Waals surface area contributed by atoms with Crippen molar-refractivity contribution in [2.45, 2.75) is 16.7 Å². The molecular weight excluding hydrogens is 318 g/mol. The summed E-state index contributed by atoms with van der Waals surface area (Å²) in [5, 5.41) is 9.35. The molecule has 0 bridgehead atoms. The number of nitrogens with one attached hydrogen (secondary N) is 1. The van der Waals surface area contributed by atoms with Crippen molar-refractivity contribution in [3.8, 4) is 0 Å². The molecule has 0 aliphatic heterocycles. The average Bonchev–Trinajstić information content (AvgIpc) is 2.86. The third-order valence-corrected chi connectivity index (χ3v) is 5.92. The van der Waals surface area contributed by atoms with Crippen LogP contribution in [0.3, 0.4) is 0 Å². The molecule has 0 aliphatic carbocycles. The van der Waals surface area contributed by atoms with Crippen molar-refractivity contribution in [3.05, 3.63) is 52.4 Å². The van der Waals surface area contributed by atoms with Gasteiger partial charge in [0.25, 0.3) is 0 Å². The number of hydrogen-bond acceptors (Lipinski definition) is 4. The van der Waals surface area contributed by atoms with Gasteiger partial charge in [0.2, 0.25) is 10.0 Å². The molecule has 0 fully saturated rings. The lowest BCUT2D eigenvalue weighted by Gasteiger charge is -2.15. The van der Waals surface area contributed by atoms with Crippen LogP contribution in [0, 0.1) is 0 Å². The maximum Gasteiger partial charge on any atom is 0.250 e. The fraction of sp³-hybridized carbons (Fsp3) is 0.231. The first-order valence-corrected chi connectivity index (χ1v) is 8.61. The quantitative estimate of drug-likeness (QED) is 0.853. The largest absolute Gasteiger partial charge is 0.395 e. The van der Waals surface area contributed by atoms with Crippen molar-refractivity contribution in [3.63, 3.8) is 0 Å². The minimum atomic E-state index is -3.65. The van der Waals surface area contributed by atoms with Crippen LogP contribution in [0.5, 0.6) is 0 Å². The second-order valence-corrected chi connectivity index (χ2v) is 7.90. The Labute approximate surface area is 127 Å². The number of aliphatic hydroxyl groups excluding tert-OH is 1. The van der Waals surface area contributed by atoms with Crippen LogP contribution in [0.4, 0.5) is 0 Å². The van der Waals surface area contributed by atoms with E-state index >= 15 is 0 Å². The predicted octanol–water partition coefficient (Wildman–Crippen LogP) is 2.28.